The average molecular weight is 419 g/mol. The zero-order chi connectivity index (χ0) is 22.2. The summed E-state index contributed by atoms with van der Waals surface area (Å²) in [4.78, 5) is 31.5. The molecule has 31 heavy (non-hydrogen) atoms. The summed E-state index contributed by atoms with van der Waals surface area (Å²) in [5, 5.41) is 18.8. The van der Waals surface area contributed by atoms with Gasteiger partial charge in [-0.25, -0.2) is 14.6 Å². The van der Waals surface area contributed by atoms with E-state index in [0.29, 0.717) is 12.2 Å². The Bertz CT molecular complexity index is 1070. The van der Waals surface area contributed by atoms with Gasteiger partial charge in [0.15, 0.2) is 0 Å². The van der Waals surface area contributed by atoms with E-state index in [-0.39, 0.29) is 17.6 Å². The molecular formula is C24H25N3O4. The summed E-state index contributed by atoms with van der Waals surface area (Å²) in [6.45, 7) is 2.59. The molecule has 0 aliphatic carbocycles. The summed E-state index contributed by atoms with van der Waals surface area (Å²) in [7, 11) is 0. The van der Waals surface area contributed by atoms with Crippen molar-refractivity contribution in [1.82, 2.24) is 14.5 Å². The Balaban J connectivity index is 1.94. The number of unbranched alkanes of at least 4 members (excludes halogenated alkanes) is 1. The number of rotatable bonds is 10. The number of carboxylic acids is 2. The molecule has 1 aromatic carbocycles. The van der Waals surface area contributed by atoms with Crippen molar-refractivity contribution in [3.8, 4) is 0 Å². The van der Waals surface area contributed by atoms with Crippen molar-refractivity contribution in [3.05, 3.63) is 88.8 Å². The fraction of sp³-hybridized carbons (Fsp3) is 0.250. The van der Waals surface area contributed by atoms with Gasteiger partial charge in [-0.3, -0.25) is 4.98 Å². The molecule has 3 rings (SSSR count). The smallest absolute Gasteiger partial charge is 0.335 e. The fourth-order valence-corrected chi connectivity index (χ4v) is 3.28. The predicted octanol–water partition coefficient (Wildman–Crippen LogP) is 4.08. The zero-order valence-corrected chi connectivity index (χ0v) is 17.4. The van der Waals surface area contributed by atoms with Gasteiger partial charge in [0.2, 0.25) is 0 Å². The molecule has 0 aliphatic rings. The Morgan fingerprint density at radius 1 is 1.03 bits per heavy atom. The molecule has 0 radical (unpaired) electrons. The molecule has 7 nitrogen and oxygen atoms in total. The highest BCUT2D eigenvalue weighted by molar-refractivity contribution is 5.92. The lowest BCUT2D eigenvalue weighted by Gasteiger charge is -2.12. The Hall–Kier alpha value is -3.74. The van der Waals surface area contributed by atoms with E-state index in [1.165, 1.54) is 0 Å². The van der Waals surface area contributed by atoms with Gasteiger partial charge < -0.3 is 14.8 Å². The first-order chi connectivity index (χ1) is 15.0. The van der Waals surface area contributed by atoms with E-state index in [4.69, 9.17) is 5.11 Å². The third-order valence-electron chi connectivity index (χ3n) is 5.01. The van der Waals surface area contributed by atoms with Gasteiger partial charge in [-0.15, -0.1) is 0 Å². The molecular weight excluding hydrogens is 394 g/mol. The Morgan fingerprint density at radius 3 is 2.35 bits per heavy atom. The van der Waals surface area contributed by atoms with Crippen LogP contribution in [0.4, 0.5) is 0 Å². The van der Waals surface area contributed by atoms with Gasteiger partial charge in [0.25, 0.3) is 0 Å². The SMILES string of the molecule is CCCCc1ncc(C=C(Cc2ccncc2)C(=O)O)n1Cc1ccc(C(=O)O)cc1. The molecule has 0 spiro atoms. The van der Waals surface area contributed by atoms with Gasteiger partial charge in [0.05, 0.1) is 17.5 Å². The third kappa shape index (κ3) is 5.88. The van der Waals surface area contributed by atoms with E-state index >= 15 is 0 Å². The van der Waals surface area contributed by atoms with Gasteiger partial charge in [-0.05, 0) is 47.9 Å². The van der Waals surface area contributed by atoms with Crippen molar-refractivity contribution >= 4 is 18.0 Å². The van der Waals surface area contributed by atoms with Crippen molar-refractivity contribution < 1.29 is 19.8 Å². The van der Waals surface area contributed by atoms with Gasteiger partial charge >= 0.3 is 11.9 Å². The number of benzene rings is 1. The number of carboxylic acid groups (broad SMARTS) is 2. The highest BCUT2D eigenvalue weighted by Crippen LogP contribution is 2.18. The van der Waals surface area contributed by atoms with Crippen LogP contribution in [0.15, 0.2) is 60.6 Å². The number of pyridine rings is 1. The van der Waals surface area contributed by atoms with E-state index < -0.39 is 11.9 Å². The number of aryl methyl sites for hydroxylation is 1. The zero-order valence-electron chi connectivity index (χ0n) is 17.4. The summed E-state index contributed by atoms with van der Waals surface area (Å²) in [6, 6.07) is 10.3. The summed E-state index contributed by atoms with van der Waals surface area (Å²) < 4.78 is 2.00. The van der Waals surface area contributed by atoms with Crippen LogP contribution < -0.4 is 0 Å². The molecule has 2 heterocycles. The molecule has 0 bridgehead atoms. The lowest BCUT2D eigenvalue weighted by molar-refractivity contribution is -0.132. The van der Waals surface area contributed by atoms with Crippen LogP contribution in [0.2, 0.25) is 0 Å². The molecule has 0 saturated carbocycles. The second-order valence-corrected chi connectivity index (χ2v) is 7.30. The standard InChI is InChI=1S/C24H25N3O4/c1-2-3-4-22-26-15-21(14-20(24(30)31)13-17-9-11-25-12-10-17)27(22)16-18-5-7-19(8-6-18)23(28)29/h5-12,14-15H,2-4,13,16H2,1H3,(H,28,29)(H,30,31). The Morgan fingerprint density at radius 2 is 1.74 bits per heavy atom. The largest absolute Gasteiger partial charge is 0.478 e. The maximum absolute atomic E-state index is 11.9. The molecule has 160 valence electrons. The highest BCUT2D eigenvalue weighted by atomic mass is 16.4. The van der Waals surface area contributed by atoms with Crippen LogP contribution in [0.5, 0.6) is 0 Å². The number of hydrogen-bond acceptors (Lipinski definition) is 4. The summed E-state index contributed by atoms with van der Waals surface area (Å²) in [5.74, 6) is -1.07. The quantitative estimate of drug-likeness (QED) is 0.480. The molecule has 3 aromatic rings. The molecule has 0 unspecified atom stereocenters. The first-order valence-electron chi connectivity index (χ1n) is 10.2. The Labute approximate surface area is 180 Å². The summed E-state index contributed by atoms with van der Waals surface area (Å²) in [6.07, 6.45) is 9.70. The number of carbonyl (C=O) groups is 2. The minimum Gasteiger partial charge on any atom is -0.478 e. The number of imidazole rings is 1. The highest BCUT2D eigenvalue weighted by Gasteiger charge is 2.14. The molecule has 2 aromatic heterocycles. The van der Waals surface area contributed by atoms with Gasteiger partial charge in [-0.2, -0.15) is 0 Å². The van der Waals surface area contributed by atoms with Crippen molar-refractivity contribution in [2.24, 2.45) is 0 Å². The summed E-state index contributed by atoms with van der Waals surface area (Å²) >= 11 is 0. The van der Waals surface area contributed by atoms with E-state index in [9.17, 15) is 14.7 Å². The topological polar surface area (TPSA) is 105 Å². The lowest BCUT2D eigenvalue weighted by atomic mass is 10.1. The van der Waals surface area contributed by atoms with Crippen molar-refractivity contribution in [1.29, 1.82) is 0 Å². The van der Waals surface area contributed by atoms with Gasteiger partial charge in [0.1, 0.15) is 5.82 Å². The number of aromatic nitrogens is 3. The first-order valence-corrected chi connectivity index (χ1v) is 10.2. The lowest BCUT2D eigenvalue weighted by Crippen LogP contribution is -2.09. The van der Waals surface area contributed by atoms with Crippen LogP contribution in [-0.4, -0.2) is 36.7 Å². The third-order valence-corrected chi connectivity index (χ3v) is 5.01. The van der Waals surface area contributed by atoms with E-state index in [1.807, 2.05) is 4.57 Å². The van der Waals surface area contributed by atoms with E-state index in [2.05, 4.69) is 16.9 Å². The molecule has 2 N–H and O–H groups in total. The minimum absolute atomic E-state index is 0.228. The summed E-state index contributed by atoms with van der Waals surface area (Å²) in [5.41, 5.74) is 2.98. The molecule has 0 aliphatic heterocycles. The Kier molecular flexibility index (Phi) is 7.32. The van der Waals surface area contributed by atoms with E-state index in [1.54, 1.807) is 61.1 Å². The molecule has 0 amide bonds. The van der Waals surface area contributed by atoms with Crippen molar-refractivity contribution in [3.63, 3.8) is 0 Å². The first kappa shape index (κ1) is 22.0. The van der Waals surface area contributed by atoms with Gasteiger partial charge in [-0.1, -0.05) is 25.5 Å². The maximum atomic E-state index is 11.9. The maximum Gasteiger partial charge on any atom is 0.335 e. The predicted molar refractivity (Wildman–Crippen MR) is 117 cm³/mol. The minimum atomic E-state index is -0.981. The second-order valence-electron chi connectivity index (χ2n) is 7.30. The molecule has 7 heteroatoms. The number of aromatic carboxylic acids is 1. The number of hydrogen-bond donors (Lipinski definition) is 2. The average Bonchev–Trinajstić information content (AvgIpc) is 3.14. The van der Waals surface area contributed by atoms with Crippen LogP contribution in [0.3, 0.4) is 0 Å². The molecule has 0 atom stereocenters. The molecule has 0 fully saturated rings. The van der Waals surface area contributed by atoms with Crippen LogP contribution in [0.1, 0.15) is 52.8 Å². The van der Waals surface area contributed by atoms with Crippen LogP contribution in [0, 0.1) is 0 Å². The second kappa shape index (κ2) is 10.3. The van der Waals surface area contributed by atoms with E-state index in [0.717, 1.165) is 36.2 Å². The number of aliphatic carboxylic acids is 1. The van der Waals surface area contributed by atoms with Crippen molar-refractivity contribution in [2.45, 2.75) is 39.2 Å². The normalized spacial score (nSPS) is 11.5. The molecule has 0 saturated heterocycles. The monoisotopic (exact) mass is 419 g/mol. The van der Waals surface area contributed by atoms with Gasteiger partial charge in [0, 0.05) is 37.4 Å². The van der Waals surface area contributed by atoms with Crippen LogP contribution in [-0.2, 0) is 24.2 Å². The van der Waals surface area contributed by atoms with Crippen LogP contribution in [0.25, 0.3) is 6.08 Å². The fourth-order valence-electron chi connectivity index (χ4n) is 3.28. The number of nitrogens with zero attached hydrogens (tertiary/aromatic N) is 3. The van der Waals surface area contributed by atoms with Crippen LogP contribution >= 0.6 is 0 Å². The van der Waals surface area contributed by atoms with Crippen molar-refractivity contribution in [2.75, 3.05) is 0 Å².